The van der Waals surface area contributed by atoms with Crippen molar-refractivity contribution in [1.29, 1.82) is 0 Å². The van der Waals surface area contributed by atoms with Gasteiger partial charge in [-0.2, -0.15) is 0 Å². The molecule has 0 radical (unpaired) electrons. The van der Waals surface area contributed by atoms with Crippen LogP contribution in [0.1, 0.15) is 45.4 Å². The van der Waals surface area contributed by atoms with Gasteiger partial charge < -0.3 is 5.73 Å². The Bertz CT molecular complexity index is 366. The molecule has 2 N–H and O–H groups in total. The van der Waals surface area contributed by atoms with Crippen molar-refractivity contribution in [2.24, 2.45) is 29.4 Å². The molecule has 0 aromatic rings. The third kappa shape index (κ3) is 2.00. The zero-order valence-corrected chi connectivity index (χ0v) is 11.7. The second-order valence-corrected chi connectivity index (χ2v) is 6.68. The van der Waals surface area contributed by atoms with E-state index in [4.69, 9.17) is 5.73 Å². The minimum absolute atomic E-state index is 0.0385. The number of carbonyl (C=O) groups is 2. The highest BCUT2D eigenvalue weighted by Crippen LogP contribution is 2.45. The summed E-state index contributed by atoms with van der Waals surface area (Å²) in [6.45, 7) is 2.57. The molecule has 3 rings (SSSR count). The fraction of sp³-hybridized carbons (Fsp3) is 0.867. The van der Waals surface area contributed by atoms with E-state index in [0.29, 0.717) is 18.4 Å². The van der Waals surface area contributed by atoms with Crippen LogP contribution in [0.4, 0.5) is 0 Å². The molecule has 4 nitrogen and oxygen atoms in total. The fourth-order valence-electron chi connectivity index (χ4n) is 4.48. The Morgan fingerprint density at radius 2 is 1.68 bits per heavy atom. The third-order valence-electron chi connectivity index (χ3n) is 5.42. The molecule has 1 saturated heterocycles. The number of fused-ring (bicyclic) bond motifs is 1. The summed E-state index contributed by atoms with van der Waals surface area (Å²) in [4.78, 5) is 26.7. The minimum atomic E-state index is -0.0436. The fourth-order valence-corrected chi connectivity index (χ4v) is 4.48. The SMILES string of the molecule is CC1CC2C(=O)N(C(CN)C3CCCC3)C(=O)C2C1. The summed E-state index contributed by atoms with van der Waals surface area (Å²) in [5, 5.41) is 0. The van der Waals surface area contributed by atoms with Crippen molar-refractivity contribution >= 4 is 11.8 Å². The largest absolute Gasteiger partial charge is 0.328 e. The lowest BCUT2D eigenvalue weighted by Crippen LogP contribution is -2.49. The second-order valence-electron chi connectivity index (χ2n) is 6.68. The molecule has 4 heteroatoms. The molecule has 0 spiro atoms. The monoisotopic (exact) mass is 264 g/mol. The number of likely N-dealkylation sites (tertiary alicyclic amines) is 1. The second kappa shape index (κ2) is 4.89. The summed E-state index contributed by atoms with van der Waals surface area (Å²) in [5.41, 5.74) is 5.89. The summed E-state index contributed by atoms with van der Waals surface area (Å²) in [7, 11) is 0. The summed E-state index contributed by atoms with van der Waals surface area (Å²) in [6, 6.07) is -0.0385. The van der Waals surface area contributed by atoms with Gasteiger partial charge >= 0.3 is 0 Å². The van der Waals surface area contributed by atoms with Crippen LogP contribution in [-0.4, -0.2) is 29.3 Å². The highest BCUT2D eigenvalue weighted by molar-refractivity contribution is 6.05. The minimum Gasteiger partial charge on any atom is -0.328 e. The molecule has 0 bridgehead atoms. The molecule has 2 aliphatic carbocycles. The van der Waals surface area contributed by atoms with Crippen LogP contribution in [0.2, 0.25) is 0 Å². The lowest BCUT2D eigenvalue weighted by Gasteiger charge is -2.31. The van der Waals surface area contributed by atoms with E-state index in [2.05, 4.69) is 6.92 Å². The number of nitrogens with zero attached hydrogens (tertiary/aromatic N) is 1. The van der Waals surface area contributed by atoms with Gasteiger partial charge in [-0.1, -0.05) is 19.8 Å². The molecule has 3 aliphatic rings. The summed E-state index contributed by atoms with van der Waals surface area (Å²) in [6.07, 6.45) is 6.42. The van der Waals surface area contributed by atoms with Crippen molar-refractivity contribution in [2.75, 3.05) is 6.54 Å². The smallest absolute Gasteiger partial charge is 0.233 e. The summed E-state index contributed by atoms with van der Waals surface area (Å²) in [5.74, 6) is 1.00. The van der Waals surface area contributed by atoms with Gasteiger partial charge in [0, 0.05) is 6.54 Å². The molecule has 19 heavy (non-hydrogen) atoms. The Morgan fingerprint density at radius 3 is 2.16 bits per heavy atom. The molecule has 0 aromatic carbocycles. The number of amides is 2. The zero-order valence-electron chi connectivity index (χ0n) is 11.7. The predicted molar refractivity (Wildman–Crippen MR) is 72.0 cm³/mol. The Kier molecular flexibility index (Phi) is 3.37. The Labute approximate surface area is 114 Å². The number of imide groups is 1. The Morgan fingerprint density at radius 1 is 1.16 bits per heavy atom. The third-order valence-corrected chi connectivity index (χ3v) is 5.42. The topological polar surface area (TPSA) is 63.4 Å². The molecule has 3 atom stereocenters. The molecule has 1 heterocycles. The summed E-state index contributed by atoms with van der Waals surface area (Å²) >= 11 is 0. The Hall–Kier alpha value is -0.900. The highest BCUT2D eigenvalue weighted by Gasteiger charge is 2.54. The van der Waals surface area contributed by atoms with Gasteiger partial charge in [-0.3, -0.25) is 14.5 Å². The maximum Gasteiger partial charge on any atom is 0.233 e. The van der Waals surface area contributed by atoms with Gasteiger partial charge in [-0.15, -0.1) is 0 Å². The van der Waals surface area contributed by atoms with Gasteiger partial charge in [-0.25, -0.2) is 0 Å². The first kappa shape index (κ1) is 13.1. The van der Waals surface area contributed by atoms with E-state index in [1.165, 1.54) is 12.8 Å². The number of carbonyl (C=O) groups excluding carboxylic acids is 2. The van der Waals surface area contributed by atoms with Crippen LogP contribution in [0.5, 0.6) is 0 Å². The van der Waals surface area contributed by atoms with Gasteiger partial charge in [0.05, 0.1) is 17.9 Å². The van der Waals surface area contributed by atoms with E-state index >= 15 is 0 Å². The maximum absolute atomic E-state index is 12.5. The lowest BCUT2D eigenvalue weighted by molar-refractivity contribution is -0.144. The molecule has 1 aliphatic heterocycles. The van der Waals surface area contributed by atoms with Crippen molar-refractivity contribution in [3.8, 4) is 0 Å². The molecule has 2 amide bonds. The van der Waals surface area contributed by atoms with E-state index in [9.17, 15) is 9.59 Å². The average molecular weight is 264 g/mol. The van der Waals surface area contributed by atoms with Crippen LogP contribution in [0.15, 0.2) is 0 Å². The van der Waals surface area contributed by atoms with Crippen LogP contribution in [0.3, 0.4) is 0 Å². The molecule has 3 unspecified atom stereocenters. The van der Waals surface area contributed by atoms with Gasteiger partial charge in [0.1, 0.15) is 0 Å². The standard InChI is InChI=1S/C15H24N2O2/c1-9-6-11-12(7-9)15(19)17(14(11)18)13(8-16)10-4-2-3-5-10/h9-13H,2-8,16H2,1H3. The highest BCUT2D eigenvalue weighted by atomic mass is 16.2. The van der Waals surface area contributed by atoms with Crippen molar-refractivity contribution in [2.45, 2.75) is 51.5 Å². The van der Waals surface area contributed by atoms with Crippen LogP contribution < -0.4 is 5.73 Å². The molecule has 106 valence electrons. The molecule has 0 aromatic heterocycles. The number of nitrogens with two attached hydrogens (primary N) is 1. The van der Waals surface area contributed by atoms with Crippen LogP contribution >= 0.6 is 0 Å². The van der Waals surface area contributed by atoms with Gasteiger partial charge in [0.15, 0.2) is 0 Å². The first-order chi connectivity index (χ1) is 9.13. The normalized spacial score (nSPS) is 37.2. The molecular weight excluding hydrogens is 240 g/mol. The average Bonchev–Trinajstić information content (AvgIpc) is 3.06. The zero-order chi connectivity index (χ0) is 13.6. The van der Waals surface area contributed by atoms with Crippen LogP contribution in [-0.2, 0) is 9.59 Å². The first-order valence-corrected chi connectivity index (χ1v) is 7.70. The van der Waals surface area contributed by atoms with Gasteiger partial charge in [-0.05, 0) is 37.5 Å². The molecule has 3 fully saturated rings. The number of rotatable bonds is 3. The molecule has 2 saturated carbocycles. The van der Waals surface area contributed by atoms with Crippen LogP contribution in [0.25, 0.3) is 0 Å². The first-order valence-electron chi connectivity index (χ1n) is 7.70. The molecular formula is C15H24N2O2. The van der Waals surface area contributed by atoms with Crippen molar-refractivity contribution < 1.29 is 9.59 Å². The van der Waals surface area contributed by atoms with Crippen molar-refractivity contribution in [1.82, 2.24) is 4.90 Å². The van der Waals surface area contributed by atoms with E-state index in [-0.39, 0.29) is 29.7 Å². The van der Waals surface area contributed by atoms with E-state index in [0.717, 1.165) is 25.7 Å². The predicted octanol–water partition coefficient (Wildman–Crippen LogP) is 1.53. The van der Waals surface area contributed by atoms with E-state index < -0.39 is 0 Å². The van der Waals surface area contributed by atoms with E-state index in [1.54, 1.807) is 4.90 Å². The van der Waals surface area contributed by atoms with E-state index in [1.807, 2.05) is 0 Å². The van der Waals surface area contributed by atoms with Crippen LogP contribution in [0, 0.1) is 23.7 Å². The lowest BCUT2D eigenvalue weighted by atomic mass is 9.96. The number of hydrogen-bond acceptors (Lipinski definition) is 3. The van der Waals surface area contributed by atoms with Crippen molar-refractivity contribution in [3.63, 3.8) is 0 Å². The van der Waals surface area contributed by atoms with Gasteiger partial charge in [0.2, 0.25) is 11.8 Å². The van der Waals surface area contributed by atoms with Gasteiger partial charge in [0.25, 0.3) is 0 Å². The van der Waals surface area contributed by atoms with Crippen molar-refractivity contribution in [3.05, 3.63) is 0 Å². The number of hydrogen-bond donors (Lipinski definition) is 1. The maximum atomic E-state index is 12.5. The quantitative estimate of drug-likeness (QED) is 0.786. The Balaban J connectivity index is 1.81. The summed E-state index contributed by atoms with van der Waals surface area (Å²) < 4.78 is 0.